The first-order valence-corrected chi connectivity index (χ1v) is 5.14. The zero-order valence-corrected chi connectivity index (χ0v) is 8.74. The van der Waals surface area contributed by atoms with Crippen LogP contribution in [0.25, 0.3) is 0 Å². The SMILES string of the molecule is CCOCCCN1CCCN(N)C1=O. The minimum absolute atomic E-state index is 0.0623. The summed E-state index contributed by atoms with van der Waals surface area (Å²) in [6, 6.07) is -0.0623. The fraction of sp³-hybridized carbons (Fsp3) is 0.889. The van der Waals surface area contributed by atoms with Crippen molar-refractivity contribution in [1.82, 2.24) is 9.91 Å². The quantitative estimate of drug-likeness (QED) is 0.398. The lowest BCUT2D eigenvalue weighted by molar-refractivity contribution is 0.111. The summed E-state index contributed by atoms with van der Waals surface area (Å²) in [7, 11) is 0. The van der Waals surface area contributed by atoms with E-state index in [4.69, 9.17) is 10.6 Å². The van der Waals surface area contributed by atoms with Gasteiger partial charge in [-0.05, 0) is 19.8 Å². The molecule has 0 aromatic carbocycles. The van der Waals surface area contributed by atoms with Crippen LogP contribution in [-0.2, 0) is 4.74 Å². The van der Waals surface area contributed by atoms with E-state index in [0.29, 0.717) is 13.2 Å². The molecular formula is C9H19N3O2. The second kappa shape index (κ2) is 5.82. The third kappa shape index (κ3) is 3.16. The number of amides is 2. The van der Waals surface area contributed by atoms with Gasteiger partial charge in [0.2, 0.25) is 0 Å². The van der Waals surface area contributed by atoms with E-state index in [0.717, 1.165) is 32.5 Å². The first kappa shape index (κ1) is 11.3. The Morgan fingerprint density at radius 1 is 1.50 bits per heavy atom. The molecule has 0 unspecified atom stereocenters. The van der Waals surface area contributed by atoms with Crippen molar-refractivity contribution in [2.75, 3.05) is 32.8 Å². The van der Waals surface area contributed by atoms with E-state index in [1.165, 1.54) is 5.01 Å². The number of carbonyl (C=O) groups excluding carboxylic acids is 1. The molecule has 2 amide bonds. The molecule has 0 bridgehead atoms. The Morgan fingerprint density at radius 3 is 3.00 bits per heavy atom. The summed E-state index contributed by atoms with van der Waals surface area (Å²) in [6.07, 6.45) is 1.84. The van der Waals surface area contributed by atoms with Crippen molar-refractivity contribution in [3.8, 4) is 0 Å². The number of hydrazine groups is 1. The van der Waals surface area contributed by atoms with Crippen molar-refractivity contribution >= 4 is 6.03 Å². The van der Waals surface area contributed by atoms with E-state index < -0.39 is 0 Å². The van der Waals surface area contributed by atoms with Crippen molar-refractivity contribution in [3.05, 3.63) is 0 Å². The molecule has 5 heteroatoms. The maximum Gasteiger partial charge on any atom is 0.334 e. The first-order valence-electron chi connectivity index (χ1n) is 5.14. The molecule has 0 atom stereocenters. The lowest BCUT2D eigenvalue weighted by atomic mass is 10.3. The smallest absolute Gasteiger partial charge is 0.334 e. The molecule has 2 N–H and O–H groups in total. The summed E-state index contributed by atoms with van der Waals surface area (Å²) in [5, 5.41) is 1.28. The Hall–Kier alpha value is -0.810. The third-order valence-electron chi connectivity index (χ3n) is 2.26. The van der Waals surface area contributed by atoms with E-state index in [2.05, 4.69) is 0 Å². The molecule has 0 aliphatic carbocycles. The largest absolute Gasteiger partial charge is 0.382 e. The van der Waals surface area contributed by atoms with Crippen LogP contribution in [0.5, 0.6) is 0 Å². The summed E-state index contributed by atoms with van der Waals surface area (Å²) >= 11 is 0. The van der Waals surface area contributed by atoms with Crippen LogP contribution >= 0.6 is 0 Å². The second-order valence-electron chi connectivity index (χ2n) is 3.37. The highest BCUT2D eigenvalue weighted by molar-refractivity contribution is 5.74. The predicted molar refractivity (Wildman–Crippen MR) is 53.6 cm³/mol. The molecule has 0 aromatic heterocycles. The number of carbonyl (C=O) groups is 1. The van der Waals surface area contributed by atoms with Gasteiger partial charge in [0.15, 0.2) is 0 Å². The molecule has 1 fully saturated rings. The number of hydrogen-bond acceptors (Lipinski definition) is 3. The number of ether oxygens (including phenoxy) is 1. The Morgan fingerprint density at radius 2 is 2.29 bits per heavy atom. The monoisotopic (exact) mass is 201 g/mol. The number of rotatable bonds is 5. The molecular weight excluding hydrogens is 182 g/mol. The summed E-state index contributed by atoms with van der Waals surface area (Å²) in [4.78, 5) is 13.3. The highest BCUT2D eigenvalue weighted by atomic mass is 16.5. The minimum Gasteiger partial charge on any atom is -0.382 e. The van der Waals surface area contributed by atoms with Gasteiger partial charge in [-0.3, -0.25) is 5.01 Å². The molecule has 0 radical (unpaired) electrons. The molecule has 82 valence electrons. The van der Waals surface area contributed by atoms with Crippen molar-refractivity contribution in [1.29, 1.82) is 0 Å². The fourth-order valence-corrected chi connectivity index (χ4v) is 1.51. The van der Waals surface area contributed by atoms with Gasteiger partial charge in [-0.2, -0.15) is 0 Å². The number of nitrogens with two attached hydrogens (primary N) is 1. The molecule has 0 spiro atoms. The van der Waals surface area contributed by atoms with Gasteiger partial charge in [-0.1, -0.05) is 0 Å². The molecule has 14 heavy (non-hydrogen) atoms. The maximum absolute atomic E-state index is 11.5. The Balaban J connectivity index is 2.19. The van der Waals surface area contributed by atoms with Gasteiger partial charge in [-0.15, -0.1) is 0 Å². The molecule has 1 saturated heterocycles. The first-order chi connectivity index (χ1) is 6.75. The van der Waals surface area contributed by atoms with Gasteiger partial charge in [0.05, 0.1) is 0 Å². The number of hydrogen-bond donors (Lipinski definition) is 1. The Bertz CT molecular complexity index is 187. The summed E-state index contributed by atoms with van der Waals surface area (Å²) in [5.74, 6) is 5.51. The average Bonchev–Trinajstić information content (AvgIpc) is 2.19. The lowest BCUT2D eigenvalue weighted by Crippen LogP contribution is -2.52. The molecule has 1 aliphatic rings. The van der Waals surface area contributed by atoms with Gasteiger partial charge >= 0.3 is 6.03 Å². The van der Waals surface area contributed by atoms with Crippen LogP contribution in [0.15, 0.2) is 0 Å². The van der Waals surface area contributed by atoms with E-state index >= 15 is 0 Å². The van der Waals surface area contributed by atoms with Gasteiger partial charge in [0.25, 0.3) is 0 Å². The van der Waals surface area contributed by atoms with Crippen LogP contribution in [0.2, 0.25) is 0 Å². The second-order valence-corrected chi connectivity index (χ2v) is 3.37. The van der Waals surface area contributed by atoms with E-state index in [1.807, 2.05) is 6.92 Å². The van der Waals surface area contributed by atoms with Crippen LogP contribution in [0.1, 0.15) is 19.8 Å². The summed E-state index contributed by atoms with van der Waals surface area (Å²) in [5.41, 5.74) is 0. The molecule has 1 aliphatic heterocycles. The fourth-order valence-electron chi connectivity index (χ4n) is 1.51. The average molecular weight is 201 g/mol. The van der Waals surface area contributed by atoms with Gasteiger partial charge in [0, 0.05) is 32.8 Å². The van der Waals surface area contributed by atoms with Crippen LogP contribution in [-0.4, -0.2) is 48.8 Å². The van der Waals surface area contributed by atoms with Gasteiger partial charge < -0.3 is 9.64 Å². The van der Waals surface area contributed by atoms with Crippen LogP contribution in [0.4, 0.5) is 4.79 Å². The summed E-state index contributed by atoms with van der Waals surface area (Å²) < 4.78 is 5.20. The molecule has 1 rings (SSSR count). The third-order valence-corrected chi connectivity index (χ3v) is 2.26. The predicted octanol–water partition coefficient (Wildman–Crippen LogP) is 0.414. The lowest BCUT2D eigenvalue weighted by Gasteiger charge is -2.32. The zero-order chi connectivity index (χ0) is 10.4. The van der Waals surface area contributed by atoms with Crippen LogP contribution in [0, 0.1) is 0 Å². The minimum atomic E-state index is -0.0623. The van der Waals surface area contributed by atoms with Crippen molar-refractivity contribution in [2.24, 2.45) is 5.84 Å². The van der Waals surface area contributed by atoms with E-state index in [9.17, 15) is 4.79 Å². The highest BCUT2D eigenvalue weighted by Crippen LogP contribution is 2.05. The Labute approximate surface area is 84.8 Å². The normalized spacial score (nSPS) is 17.7. The molecule has 0 aromatic rings. The van der Waals surface area contributed by atoms with Crippen molar-refractivity contribution < 1.29 is 9.53 Å². The number of urea groups is 1. The van der Waals surface area contributed by atoms with Crippen LogP contribution in [0.3, 0.4) is 0 Å². The van der Waals surface area contributed by atoms with Crippen molar-refractivity contribution in [3.63, 3.8) is 0 Å². The van der Waals surface area contributed by atoms with Gasteiger partial charge in [0.1, 0.15) is 0 Å². The molecule has 1 heterocycles. The standard InChI is InChI=1S/C9H19N3O2/c1-2-14-8-4-6-11-5-3-7-12(10)9(11)13/h2-8,10H2,1H3. The Kier molecular flexibility index (Phi) is 4.69. The number of nitrogens with zero attached hydrogens (tertiary/aromatic N) is 2. The highest BCUT2D eigenvalue weighted by Gasteiger charge is 2.22. The van der Waals surface area contributed by atoms with Gasteiger partial charge in [-0.25, -0.2) is 10.6 Å². The van der Waals surface area contributed by atoms with E-state index in [-0.39, 0.29) is 6.03 Å². The topological polar surface area (TPSA) is 58.8 Å². The van der Waals surface area contributed by atoms with E-state index in [1.54, 1.807) is 4.90 Å². The zero-order valence-electron chi connectivity index (χ0n) is 8.74. The van der Waals surface area contributed by atoms with Crippen LogP contribution < -0.4 is 5.84 Å². The summed E-state index contributed by atoms with van der Waals surface area (Å²) in [6.45, 7) is 5.64. The molecule has 5 nitrogen and oxygen atoms in total. The maximum atomic E-state index is 11.5. The van der Waals surface area contributed by atoms with Crippen molar-refractivity contribution in [2.45, 2.75) is 19.8 Å². The molecule has 0 saturated carbocycles.